The van der Waals surface area contributed by atoms with Gasteiger partial charge in [-0.3, -0.25) is 0 Å². The highest BCUT2D eigenvalue weighted by Crippen LogP contribution is 2.34. The van der Waals surface area contributed by atoms with E-state index in [4.69, 9.17) is 4.74 Å². The van der Waals surface area contributed by atoms with Gasteiger partial charge in [-0.25, -0.2) is 4.98 Å². The number of aromatic nitrogens is 2. The molecule has 0 fully saturated rings. The molecule has 1 aromatic heterocycles. The van der Waals surface area contributed by atoms with Crippen LogP contribution in [-0.4, -0.2) is 23.6 Å². The zero-order valence-electron chi connectivity index (χ0n) is 10.1. The summed E-state index contributed by atoms with van der Waals surface area (Å²) in [6, 6.07) is 10.5. The second kappa shape index (κ2) is 4.52. The Morgan fingerprint density at radius 2 is 2.06 bits per heavy atom. The van der Waals surface area contributed by atoms with Crippen molar-refractivity contribution in [2.45, 2.75) is 6.04 Å². The van der Waals surface area contributed by atoms with Gasteiger partial charge in [0.05, 0.1) is 13.2 Å². The van der Waals surface area contributed by atoms with E-state index in [1.807, 2.05) is 18.2 Å². The molecule has 1 aromatic carbocycles. The molecule has 1 aliphatic rings. The van der Waals surface area contributed by atoms with E-state index in [1.54, 1.807) is 7.11 Å². The fourth-order valence-corrected chi connectivity index (χ4v) is 2.10. The Kier molecular flexibility index (Phi) is 2.72. The van der Waals surface area contributed by atoms with E-state index in [2.05, 4.69) is 32.7 Å². The maximum atomic E-state index is 5.20. The van der Waals surface area contributed by atoms with Crippen LogP contribution in [0.2, 0.25) is 0 Å². The number of anilines is 2. The quantitative estimate of drug-likeness (QED) is 0.844. The minimum absolute atomic E-state index is 0.207. The fraction of sp³-hybridized carbons (Fsp3) is 0.231. The Labute approximate surface area is 105 Å². The zero-order chi connectivity index (χ0) is 12.4. The highest BCUT2D eigenvalue weighted by atomic mass is 16.5. The molecule has 0 saturated heterocycles. The lowest BCUT2D eigenvalue weighted by molar-refractivity contribution is 0.398. The first kappa shape index (κ1) is 10.8. The number of hydrogen-bond donors (Lipinski definition) is 2. The largest absolute Gasteiger partial charge is 0.479 e. The van der Waals surface area contributed by atoms with E-state index in [0.29, 0.717) is 5.88 Å². The van der Waals surface area contributed by atoms with Crippen molar-refractivity contribution in [1.82, 2.24) is 9.97 Å². The van der Waals surface area contributed by atoms with Crippen LogP contribution in [0.3, 0.4) is 0 Å². The second-order valence-corrected chi connectivity index (χ2v) is 4.10. The Balaban J connectivity index is 1.90. The molecule has 5 nitrogen and oxygen atoms in total. The van der Waals surface area contributed by atoms with Crippen molar-refractivity contribution in [3.8, 4) is 5.88 Å². The molecule has 5 heteroatoms. The summed E-state index contributed by atoms with van der Waals surface area (Å²) in [5, 5.41) is 6.71. The molecule has 2 aromatic rings. The van der Waals surface area contributed by atoms with Crippen molar-refractivity contribution in [2.75, 3.05) is 24.3 Å². The molecule has 1 unspecified atom stereocenters. The minimum Gasteiger partial charge on any atom is -0.479 e. The average molecular weight is 242 g/mol. The molecule has 0 saturated carbocycles. The monoisotopic (exact) mass is 242 g/mol. The molecular formula is C13H14N4O. The van der Waals surface area contributed by atoms with Crippen molar-refractivity contribution in [3.63, 3.8) is 0 Å². The summed E-state index contributed by atoms with van der Waals surface area (Å²) < 4.78 is 5.20. The van der Waals surface area contributed by atoms with E-state index in [0.717, 1.165) is 18.1 Å². The summed E-state index contributed by atoms with van der Waals surface area (Å²) in [6.45, 7) is 0.779. The third kappa shape index (κ3) is 1.84. The number of hydrogen-bond acceptors (Lipinski definition) is 5. The van der Waals surface area contributed by atoms with Gasteiger partial charge in [0, 0.05) is 6.54 Å². The fourth-order valence-electron chi connectivity index (χ4n) is 2.10. The molecule has 0 amide bonds. The van der Waals surface area contributed by atoms with Crippen LogP contribution in [0.5, 0.6) is 5.88 Å². The van der Waals surface area contributed by atoms with Crippen LogP contribution < -0.4 is 15.4 Å². The van der Waals surface area contributed by atoms with Crippen LogP contribution in [0.1, 0.15) is 11.6 Å². The molecule has 1 aliphatic heterocycles. The molecule has 0 radical (unpaired) electrons. The third-order valence-electron chi connectivity index (χ3n) is 3.00. The zero-order valence-corrected chi connectivity index (χ0v) is 10.1. The number of rotatable bonds is 2. The molecule has 18 heavy (non-hydrogen) atoms. The van der Waals surface area contributed by atoms with Crippen LogP contribution in [0.15, 0.2) is 36.7 Å². The van der Waals surface area contributed by atoms with Gasteiger partial charge < -0.3 is 15.4 Å². The van der Waals surface area contributed by atoms with Gasteiger partial charge in [0.1, 0.15) is 12.0 Å². The van der Waals surface area contributed by atoms with Gasteiger partial charge in [-0.2, -0.15) is 4.98 Å². The predicted octanol–water partition coefficient (Wildman–Crippen LogP) is 2.06. The van der Waals surface area contributed by atoms with Gasteiger partial charge in [-0.1, -0.05) is 30.3 Å². The number of fused-ring (bicyclic) bond motifs is 1. The van der Waals surface area contributed by atoms with Gasteiger partial charge in [0.15, 0.2) is 5.82 Å². The Morgan fingerprint density at radius 3 is 2.83 bits per heavy atom. The molecule has 0 aliphatic carbocycles. The number of ether oxygens (including phenoxy) is 1. The lowest BCUT2D eigenvalue weighted by Crippen LogP contribution is -2.27. The lowest BCUT2D eigenvalue weighted by Gasteiger charge is -2.28. The maximum absolute atomic E-state index is 5.20. The number of nitrogens with one attached hydrogen (secondary N) is 2. The van der Waals surface area contributed by atoms with Crippen molar-refractivity contribution >= 4 is 11.5 Å². The van der Waals surface area contributed by atoms with E-state index in [1.165, 1.54) is 11.9 Å². The first-order chi connectivity index (χ1) is 8.88. The van der Waals surface area contributed by atoms with Crippen LogP contribution in [0.25, 0.3) is 0 Å². The summed E-state index contributed by atoms with van der Waals surface area (Å²) in [4.78, 5) is 8.31. The summed E-state index contributed by atoms with van der Waals surface area (Å²) in [7, 11) is 1.60. The first-order valence-electron chi connectivity index (χ1n) is 5.83. The molecule has 2 N–H and O–H groups in total. The normalized spacial score (nSPS) is 17.3. The topological polar surface area (TPSA) is 59.1 Å². The van der Waals surface area contributed by atoms with Crippen molar-refractivity contribution in [3.05, 3.63) is 42.2 Å². The van der Waals surface area contributed by atoms with E-state index < -0.39 is 0 Å². The lowest BCUT2D eigenvalue weighted by atomic mass is 10.1. The van der Waals surface area contributed by atoms with Crippen molar-refractivity contribution in [2.24, 2.45) is 0 Å². The van der Waals surface area contributed by atoms with Gasteiger partial charge >= 0.3 is 0 Å². The van der Waals surface area contributed by atoms with Crippen molar-refractivity contribution < 1.29 is 4.74 Å². The summed E-state index contributed by atoms with van der Waals surface area (Å²) in [5.74, 6) is 1.35. The molecule has 0 spiro atoms. The summed E-state index contributed by atoms with van der Waals surface area (Å²) in [6.07, 6.45) is 1.50. The molecule has 2 heterocycles. The SMILES string of the molecule is COc1ncnc2c1NCC(c1ccccc1)N2. The highest BCUT2D eigenvalue weighted by Gasteiger charge is 2.22. The average Bonchev–Trinajstić information content (AvgIpc) is 2.47. The predicted molar refractivity (Wildman–Crippen MR) is 69.9 cm³/mol. The van der Waals surface area contributed by atoms with Gasteiger partial charge in [-0.05, 0) is 5.56 Å². The van der Waals surface area contributed by atoms with Crippen LogP contribution in [0.4, 0.5) is 11.5 Å². The van der Waals surface area contributed by atoms with Crippen LogP contribution >= 0.6 is 0 Å². The van der Waals surface area contributed by atoms with Gasteiger partial charge in [-0.15, -0.1) is 0 Å². The van der Waals surface area contributed by atoms with E-state index in [-0.39, 0.29) is 6.04 Å². The number of benzene rings is 1. The number of nitrogens with zero attached hydrogens (tertiary/aromatic N) is 2. The molecule has 92 valence electrons. The van der Waals surface area contributed by atoms with Gasteiger partial charge in [0.2, 0.25) is 5.88 Å². The third-order valence-corrected chi connectivity index (χ3v) is 3.00. The molecule has 1 atom stereocenters. The van der Waals surface area contributed by atoms with E-state index in [9.17, 15) is 0 Å². The summed E-state index contributed by atoms with van der Waals surface area (Å²) >= 11 is 0. The maximum Gasteiger partial charge on any atom is 0.242 e. The highest BCUT2D eigenvalue weighted by molar-refractivity contribution is 5.72. The molecule has 3 rings (SSSR count). The standard InChI is InChI=1S/C13H14N4O/c1-18-13-11-12(15-8-16-13)17-10(7-14-11)9-5-3-2-4-6-9/h2-6,8,10,14H,7H2,1H3,(H,15,16,17). The van der Waals surface area contributed by atoms with Gasteiger partial charge in [0.25, 0.3) is 0 Å². The Hall–Kier alpha value is -2.30. The Bertz CT molecular complexity index is 544. The molecular weight excluding hydrogens is 228 g/mol. The van der Waals surface area contributed by atoms with Crippen LogP contribution in [0, 0.1) is 0 Å². The summed E-state index contributed by atoms with van der Waals surface area (Å²) in [5.41, 5.74) is 2.06. The molecule has 0 bridgehead atoms. The van der Waals surface area contributed by atoms with Crippen LogP contribution in [-0.2, 0) is 0 Å². The van der Waals surface area contributed by atoms with E-state index >= 15 is 0 Å². The minimum atomic E-state index is 0.207. The smallest absolute Gasteiger partial charge is 0.242 e. The second-order valence-electron chi connectivity index (χ2n) is 4.10. The Morgan fingerprint density at radius 1 is 1.22 bits per heavy atom. The van der Waals surface area contributed by atoms with Crippen molar-refractivity contribution in [1.29, 1.82) is 0 Å². The first-order valence-corrected chi connectivity index (χ1v) is 5.83. The number of methoxy groups -OCH3 is 1.